The molecule has 1 aromatic carbocycles. The van der Waals surface area contributed by atoms with Crippen LogP contribution in [0, 0.1) is 0 Å². The molecular formula is C17H28N2O4. The van der Waals surface area contributed by atoms with E-state index in [0.29, 0.717) is 24.4 Å². The minimum Gasteiger partial charge on any atom is -0.455 e. The summed E-state index contributed by atoms with van der Waals surface area (Å²) < 4.78 is 16.3. The van der Waals surface area contributed by atoms with Gasteiger partial charge >= 0.3 is 5.97 Å². The molecule has 0 aliphatic carbocycles. The van der Waals surface area contributed by atoms with Gasteiger partial charge in [0.1, 0.15) is 12.2 Å². The molecular weight excluding hydrogens is 296 g/mol. The lowest BCUT2D eigenvalue weighted by Crippen LogP contribution is -2.44. The van der Waals surface area contributed by atoms with Crippen LogP contribution in [0.4, 0.5) is 5.69 Å². The molecule has 6 heteroatoms. The Morgan fingerprint density at radius 3 is 2.22 bits per heavy atom. The van der Waals surface area contributed by atoms with Gasteiger partial charge in [-0.15, -0.1) is 0 Å². The highest BCUT2D eigenvalue weighted by Gasteiger charge is 2.27. The smallest absolute Gasteiger partial charge is 0.338 e. The third-order valence-electron chi connectivity index (χ3n) is 3.79. The minimum absolute atomic E-state index is 0.321. The van der Waals surface area contributed by atoms with E-state index in [-0.39, 0.29) is 12.1 Å². The third kappa shape index (κ3) is 6.17. The largest absolute Gasteiger partial charge is 0.455 e. The summed E-state index contributed by atoms with van der Waals surface area (Å²) >= 11 is 0. The van der Waals surface area contributed by atoms with Crippen LogP contribution in [0.15, 0.2) is 24.3 Å². The molecule has 6 nitrogen and oxygen atoms in total. The number of esters is 1. The van der Waals surface area contributed by atoms with Gasteiger partial charge in [-0.25, -0.2) is 4.79 Å². The molecule has 0 aromatic heterocycles. The summed E-state index contributed by atoms with van der Waals surface area (Å²) in [5.41, 5.74) is 6.72. The van der Waals surface area contributed by atoms with Crippen molar-refractivity contribution < 1.29 is 19.0 Å². The van der Waals surface area contributed by atoms with E-state index >= 15 is 0 Å². The van der Waals surface area contributed by atoms with Gasteiger partial charge in [0.15, 0.2) is 0 Å². The van der Waals surface area contributed by atoms with E-state index in [1.54, 1.807) is 38.5 Å². The highest BCUT2D eigenvalue weighted by atomic mass is 16.6. The van der Waals surface area contributed by atoms with E-state index in [2.05, 4.69) is 18.7 Å². The zero-order valence-corrected chi connectivity index (χ0v) is 14.5. The molecule has 0 radical (unpaired) electrons. The highest BCUT2D eigenvalue weighted by molar-refractivity contribution is 5.89. The topological polar surface area (TPSA) is 74.0 Å². The number of hydrogen-bond donors (Lipinski definition) is 1. The summed E-state index contributed by atoms with van der Waals surface area (Å²) in [4.78, 5) is 14.6. The molecule has 1 aromatic rings. The second-order valence-electron chi connectivity index (χ2n) is 5.28. The van der Waals surface area contributed by atoms with Crippen LogP contribution in [0.25, 0.3) is 0 Å². The normalized spacial score (nSPS) is 13.8. The van der Waals surface area contributed by atoms with Crippen molar-refractivity contribution in [2.45, 2.75) is 26.1 Å². The van der Waals surface area contributed by atoms with Gasteiger partial charge in [-0.05, 0) is 37.4 Å². The fourth-order valence-corrected chi connectivity index (χ4v) is 2.28. The lowest BCUT2D eigenvalue weighted by Gasteiger charge is -2.30. The Labute approximate surface area is 138 Å². The quantitative estimate of drug-likeness (QED) is 0.522. The number of rotatable bonds is 10. The van der Waals surface area contributed by atoms with Gasteiger partial charge < -0.3 is 24.8 Å². The molecule has 0 heterocycles. The van der Waals surface area contributed by atoms with Crippen LogP contribution in [0.3, 0.4) is 0 Å². The van der Waals surface area contributed by atoms with Gasteiger partial charge in [-0.1, -0.05) is 13.8 Å². The Balaban J connectivity index is 2.85. The fourth-order valence-electron chi connectivity index (χ4n) is 2.28. The van der Waals surface area contributed by atoms with Crippen LogP contribution < -0.4 is 5.73 Å². The monoisotopic (exact) mass is 324 g/mol. The van der Waals surface area contributed by atoms with Gasteiger partial charge in [0.05, 0.1) is 12.2 Å². The van der Waals surface area contributed by atoms with Crippen LogP contribution in [0.5, 0.6) is 0 Å². The third-order valence-corrected chi connectivity index (χ3v) is 3.79. The summed E-state index contributed by atoms with van der Waals surface area (Å²) in [6.07, 6.45) is -0.733. The average Bonchev–Trinajstić information content (AvgIpc) is 2.57. The molecule has 0 saturated heterocycles. The number of nitrogen functional groups attached to an aromatic ring is 1. The van der Waals surface area contributed by atoms with E-state index < -0.39 is 6.10 Å². The van der Waals surface area contributed by atoms with Crippen molar-refractivity contribution in [3.8, 4) is 0 Å². The number of carbonyl (C=O) groups excluding carboxylic acids is 1. The SMILES string of the molecule is CCN(CC)C[C@@H](OC(=O)c1ccc(N)cc1)[C@@H](COC)OC. The van der Waals surface area contributed by atoms with Crippen LogP contribution in [-0.2, 0) is 14.2 Å². The number of likely N-dealkylation sites (N-methyl/N-ethyl adjacent to an activating group) is 1. The lowest BCUT2D eigenvalue weighted by molar-refractivity contribution is -0.0719. The lowest BCUT2D eigenvalue weighted by atomic mass is 10.1. The van der Waals surface area contributed by atoms with Gasteiger partial charge in [0.25, 0.3) is 0 Å². The van der Waals surface area contributed by atoms with E-state index in [1.807, 2.05) is 0 Å². The van der Waals surface area contributed by atoms with Crippen molar-refractivity contribution in [3.63, 3.8) is 0 Å². The summed E-state index contributed by atoms with van der Waals surface area (Å²) in [6.45, 7) is 6.83. The fraction of sp³-hybridized carbons (Fsp3) is 0.588. The second-order valence-corrected chi connectivity index (χ2v) is 5.28. The number of carbonyl (C=O) groups is 1. The molecule has 130 valence electrons. The Hall–Kier alpha value is -1.63. The van der Waals surface area contributed by atoms with Crippen molar-refractivity contribution in [2.75, 3.05) is 46.2 Å². The number of hydrogen-bond acceptors (Lipinski definition) is 6. The van der Waals surface area contributed by atoms with Gasteiger partial charge in [0.2, 0.25) is 0 Å². The molecule has 0 amide bonds. The van der Waals surface area contributed by atoms with E-state index in [1.165, 1.54) is 0 Å². The number of methoxy groups -OCH3 is 2. The first-order valence-corrected chi connectivity index (χ1v) is 7.86. The zero-order chi connectivity index (χ0) is 17.2. The standard InChI is InChI=1S/C17H28N2O4/c1-5-19(6-2)11-15(16(22-4)12-21-3)23-17(20)13-7-9-14(18)10-8-13/h7-10,15-16H,5-6,11-12,18H2,1-4H3/t15-,16-/m1/s1. The van der Waals surface area contributed by atoms with E-state index in [9.17, 15) is 4.79 Å². The number of benzene rings is 1. The van der Waals surface area contributed by atoms with Crippen molar-refractivity contribution in [1.82, 2.24) is 4.90 Å². The Bertz CT molecular complexity index is 460. The number of ether oxygens (including phenoxy) is 3. The van der Waals surface area contributed by atoms with Gasteiger partial charge in [0, 0.05) is 26.5 Å². The summed E-state index contributed by atoms with van der Waals surface area (Å²) in [5.74, 6) is -0.389. The molecule has 0 fully saturated rings. The molecule has 0 aliphatic rings. The van der Waals surface area contributed by atoms with Gasteiger partial charge in [-0.3, -0.25) is 0 Å². The van der Waals surface area contributed by atoms with Crippen LogP contribution in [-0.4, -0.2) is 63.5 Å². The number of nitrogens with two attached hydrogens (primary N) is 1. The summed E-state index contributed by atoms with van der Waals surface area (Å²) in [6, 6.07) is 6.67. The maximum atomic E-state index is 12.4. The number of anilines is 1. The molecule has 0 spiro atoms. The van der Waals surface area contributed by atoms with Crippen molar-refractivity contribution >= 4 is 11.7 Å². The van der Waals surface area contributed by atoms with Crippen molar-refractivity contribution in [2.24, 2.45) is 0 Å². The summed E-state index contributed by atoms with van der Waals surface area (Å²) in [5, 5.41) is 0. The maximum Gasteiger partial charge on any atom is 0.338 e. The summed E-state index contributed by atoms with van der Waals surface area (Å²) in [7, 11) is 3.19. The molecule has 2 atom stereocenters. The Kier molecular flexibility index (Phi) is 8.61. The van der Waals surface area contributed by atoms with Crippen LogP contribution in [0.1, 0.15) is 24.2 Å². The molecule has 2 N–H and O–H groups in total. The maximum absolute atomic E-state index is 12.4. The molecule has 0 aliphatic heterocycles. The molecule has 23 heavy (non-hydrogen) atoms. The predicted molar refractivity (Wildman–Crippen MR) is 90.5 cm³/mol. The van der Waals surface area contributed by atoms with Crippen molar-refractivity contribution in [3.05, 3.63) is 29.8 Å². The first-order valence-electron chi connectivity index (χ1n) is 7.86. The first-order chi connectivity index (χ1) is 11.0. The average molecular weight is 324 g/mol. The minimum atomic E-state index is -0.412. The van der Waals surface area contributed by atoms with Crippen molar-refractivity contribution in [1.29, 1.82) is 0 Å². The first kappa shape index (κ1) is 19.4. The molecule has 1 rings (SSSR count). The molecule has 0 saturated carbocycles. The highest BCUT2D eigenvalue weighted by Crippen LogP contribution is 2.13. The zero-order valence-electron chi connectivity index (χ0n) is 14.5. The van der Waals surface area contributed by atoms with Gasteiger partial charge in [-0.2, -0.15) is 0 Å². The van der Waals surface area contributed by atoms with E-state index in [0.717, 1.165) is 13.1 Å². The number of nitrogens with zero attached hydrogens (tertiary/aromatic N) is 1. The van der Waals surface area contributed by atoms with E-state index in [4.69, 9.17) is 19.9 Å². The Morgan fingerprint density at radius 1 is 1.13 bits per heavy atom. The Morgan fingerprint density at radius 2 is 1.74 bits per heavy atom. The van der Waals surface area contributed by atoms with Crippen LogP contribution >= 0.6 is 0 Å². The predicted octanol–water partition coefficient (Wildman–Crippen LogP) is 1.80. The molecule has 0 unspecified atom stereocenters. The second kappa shape index (κ2) is 10.2. The molecule has 0 bridgehead atoms. The van der Waals surface area contributed by atoms with Crippen LogP contribution in [0.2, 0.25) is 0 Å².